The summed E-state index contributed by atoms with van der Waals surface area (Å²) in [5.74, 6) is 1.33. The van der Waals surface area contributed by atoms with Gasteiger partial charge >= 0.3 is 0 Å². The van der Waals surface area contributed by atoms with Gasteiger partial charge in [-0.25, -0.2) is 19.9 Å². The van der Waals surface area contributed by atoms with Crippen LogP contribution in [0.4, 0.5) is 0 Å². The summed E-state index contributed by atoms with van der Waals surface area (Å²) in [7, 11) is 0. The van der Waals surface area contributed by atoms with E-state index in [1.165, 1.54) is 0 Å². The summed E-state index contributed by atoms with van der Waals surface area (Å²) in [6.45, 7) is 0. The van der Waals surface area contributed by atoms with Crippen molar-refractivity contribution in [2.24, 2.45) is 0 Å². The lowest BCUT2D eigenvalue weighted by molar-refractivity contribution is 1.18. The lowest BCUT2D eigenvalue weighted by Crippen LogP contribution is -1.97. The van der Waals surface area contributed by atoms with Crippen molar-refractivity contribution in [3.05, 3.63) is 218 Å². The summed E-state index contributed by atoms with van der Waals surface area (Å²) < 4.78 is 0. The molecule has 0 aliphatic rings. The zero-order chi connectivity index (χ0) is 40.3. The second kappa shape index (κ2) is 15.9. The first kappa shape index (κ1) is 36.0. The number of aromatic nitrogens is 4. The molecule has 0 N–H and O–H groups in total. The van der Waals surface area contributed by atoms with E-state index < -0.39 is 0 Å². The number of para-hydroxylation sites is 1. The molecule has 2 aromatic heterocycles. The molecule has 0 aliphatic carbocycles. The van der Waals surface area contributed by atoms with E-state index in [-0.39, 0.29) is 0 Å². The Morgan fingerprint density at radius 2 is 0.850 bits per heavy atom. The van der Waals surface area contributed by atoms with Crippen molar-refractivity contribution in [2.75, 3.05) is 0 Å². The van der Waals surface area contributed by atoms with Crippen LogP contribution in [0.15, 0.2) is 212 Å². The van der Waals surface area contributed by atoms with Gasteiger partial charge in [0.05, 0.1) is 34.2 Å². The molecule has 0 unspecified atom stereocenters. The van der Waals surface area contributed by atoms with Crippen molar-refractivity contribution in [3.8, 4) is 96.0 Å². The van der Waals surface area contributed by atoms with Crippen molar-refractivity contribution in [3.63, 3.8) is 0 Å². The zero-order valence-electron chi connectivity index (χ0n) is 32.4. The van der Waals surface area contributed by atoms with Crippen LogP contribution < -0.4 is 0 Å². The van der Waals surface area contributed by atoms with Crippen molar-refractivity contribution in [1.82, 2.24) is 19.9 Å². The standard InChI is InChI=1S/C55H35N5/c56-36-37-14-11-19-42(32-37)44-21-13-23-46(34-44)52-35-51(39-15-3-1-4-16-39)58-55(59-52)48-25-8-7-24-47(48)45-22-12-20-43(33-45)38-28-30-41(31-29-38)54-57-50-27-10-9-26-49(50)53(60-54)40-17-5-2-6-18-40/h1-35H. The number of rotatable bonds is 8. The molecule has 60 heavy (non-hydrogen) atoms. The third-order valence-corrected chi connectivity index (χ3v) is 10.7. The minimum atomic E-state index is 0.625. The van der Waals surface area contributed by atoms with Crippen molar-refractivity contribution >= 4 is 10.9 Å². The molecule has 280 valence electrons. The summed E-state index contributed by atoms with van der Waals surface area (Å²) >= 11 is 0. The van der Waals surface area contributed by atoms with E-state index in [0.717, 1.165) is 89.2 Å². The Morgan fingerprint density at radius 1 is 0.317 bits per heavy atom. The predicted molar refractivity (Wildman–Crippen MR) is 243 cm³/mol. The number of fused-ring (bicyclic) bond motifs is 1. The minimum absolute atomic E-state index is 0.625. The molecule has 0 saturated heterocycles. The van der Waals surface area contributed by atoms with Crippen LogP contribution in [0.1, 0.15) is 5.56 Å². The number of nitrogens with zero attached hydrogens (tertiary/aromatic N) is 5. The summed E-state index contributed by atoms with van der Waals surface area (Å²) in [6.07, 6.45) is 0. The fourth-order valence-corrected chi connectivity index (χ4v) is 7.73. The molecule has 0 fully saturated rings. The van der Waals surface area contributed by atoms with Crippen molar-refractivity contribution in [2.45, 2.75) is 0 Å². The van der Waals surface area contributed by atoms with Crippen LogP contribution in [0.3, 0.4) is 0 Å². The smallest absolute Gasteiger partial charge is 0.161 e. The largest absolute Gasteiger partial charge is 0.228 e. The van der Waals surface area contributed by atoms with E-state index in [0.29, 0.717) is 17.2 Å². The van der Waals surface area contributed by atoms with Gasteiger partial charge in [0, 0.05) is 33.2 Å². The van der Waals surface area contributed by atoms with Crippen LogP contribution in [0, 0.1) is 11.3 Å². The van der Waals surface area contributed by atoms with Gasteiger partial charge in [-0.1, -0.05) is 176 Å². The molecule has 0 spiro atoms. The molecule has 8 aromatic carbocycles. The molecule has 0 radical (unpaired) electrons. The monoisotopic (exact) mass is 765 g/mol. The van der Waals surface area contributed by atoms with E-state index in [9.17, 15) is 5.26 Å². The number of hydrogen-bond acceptors (Lipinski definition) is 5. The van der Waals surface area contributed by atoms with Gasteiger partial charge in [-0.05, 0) is 69.8 Å². The topological polar surface area (TPSA) is 75.3 Å². The first-order chi connectivity index (χ1) is 29.7. The van der Waals surface area contributed by atoms with Crippen LogP contribution in [-0.2, 0) is 0 Å². The first-order valence-corrected chi connectivity index (χ1v) is 19.9. The van der Waals surface area contributed by atoms with E-state index in [2.05, 4.69) is 127 Å². The molecule has 10 aromatic rings. The van der Waals surface area contributed by atoms with Crippen molar-refractivity contribution < 1.29 is 0 Å². The fourth-order valence-electron chi connectivity index (χ4n) is 7.73. The van der Waals surface area contributed by atoms with Crippen LogP contribution in [0.25, 0.3) is 101 Å². The third kappa shape index (κ3) is 7.22. The van der Waals surface area contributed by atoms with Crippen LogP contribution in [-0.4, -0.2) is 19.9 Å². The highest BCUT2D eigenvalue weighted by Crippen LogP contribution is 2.37. The molecule has 0 amide bonds. The number of nitriles is 1. The highest BCUT2D eigenvalue weighted by molar-refractivity contribution is 5.94. The molecular formula is C55H35N5. The lowest BCUT2D eigenvalue weighted by Gasteiger charge is -2.14. The van der Waals surface area contributed by atoms with Gasteiger partial charge in [-0.3, -0.25) is 0 Å². The molecular weight excluding hydrogens is 731 g/mol. The van der Waals surface area contributed by atoms with Gasteiger partial charge in [-0.15, -0.1) is 0 Å². The second-order valence-electron chi connectivity index (χ2n) is 14.6. The Bertz CT molecular complexity index is 3210. The first-order valence-electron chi connectivity index (χ1n) is 19.9. The lowest BCUT2D eigenvalue weighted by atomic mass is 9.95. The molecule has 0 bridgehead atoms. The van der Waals surface area contributed by atoms with E-state index >= 15 is 0 Å². The normalized spacial score (nSPS) is 11.0. The summed E-state index contributed by atoms with van der Waals surface area (Å²) in [6, 6.07) is 74.5. The Hall–Kier alpha value is -8.33. The maximum absolute atomic E-state index is 9.54. The molecule has 2 heterocycles. The predicted octanol–water partition coefficient (Wildman–Crippen LogP) is 13.6. The number of benzene rings is 8. The van der Waals surface area contributed by atoms with E-state index in [4.69, 9.17) is 19.9 Å². The van der Waals surface area contributed by atoms with Crippen LogP contribution >= 0.6 is 0 Å². The highest BCUT2D eigenvalue weighted by Gasteiger charge is 2.16. The van der Waals surface area contributed by atoms with E-state index in [1.54, 1.807) is 0 Å². The summed E-state index contributed by atoms with van der Waals surface area (Å²) in [5, 5.41) is 10.6. The minimum Gasteiger partial charge on any atom is -0.228 e. The van der Waals surface area contributed by atoms with Crippen molar-refractivity contribution in [1.29, 1.82) is 5.26 Å². The van der Waals surface area contributed by atoms with Gasteiger partial charge in [-0.2, -0.15) is 5.26 Å². The Morgan fingerprint density at radius 3 is 1.60 bits per heavy atom. The van der Waals surface area contributed by atoms with Gasteiger partial charge in [0.1, 0.15) is 0 Å². The molecule has 5 nitrogen and oxygen atoms in total. The Labute approximate surface area is 348 Å². The third-order valence-electron chi connectivity index (χ3n) is 10.7. The van der Waals surface area contributed by atoms with Gasteiger partial charge < -0.3 is 0 Å². The highest BCUT2D eigenvalue weighted by atomic mass is 14.9. The SMILES string of the molecule is N#Cc1cccc(-c2cccc(-c3cc(-c4ccccc4)nc(-c4ccccc4-c4cccc(-c5ccc(-c6nc(-c7ccccc7)c7ccccc7n6)cc5)c4)n3)c2)c1. The molecule has 0 saturated carbocycles. The van der Waals surface area contributed by atoms with Gasteiger partial charge in [0.25, 0.3) is 0 Å². The molecule has 5 heteroatoms. The average molecular weight is 766 g/mol. The van der Waals surface area contributed by atoms with Gasteiger partial charge in [0.2, 0.25) is 0 Å². The van der Waals surface area contributed by atoms with Crippen LogP contribution in [0.2, 0.25) is 0 Å². The Kier molecular flexibility index (Phi) is 9.55. The number of hydrogen-bond donors (Lipinski definition) is 0. The quantitative estimate of drug-likeness (QED) is 0.154. The zero-order valence-corrected chi connectivity index (χ0v) is 32.4. The average Bonchev–Trinajstić information content (AvgIpc) is 3.34. The maximum Gasteiger partial charge on any atom is 0.161 e. The maximum atomic E-state index is 9.54. The second-order valence-corrected chi connectivity index (χ2v) is 14.6. The molecule has 0 aliphatic heterocycles. The van der Waals surface area contributed by atoms with E-state index in [1.807, 2.05) is 91.0 Å². The summed E-state index contributed by atoms with van der Waals surface area (Å²) in [4.78, 5) is 20.5. The Balaban J connectivity index is 1.02. The van der Waals surface area contributed by atoms with Crippen LogP contribution in [0.5, 0.6) is 0 Å². The molecule has 0 atom stereocenters. The summed E-state index contributed by atoms with van der Waals surface area (Å²) in [5.41, 5.74) is 15.3. The van der Waals surface area contributed by atoms with Gasteiger partial charge in [0.15, 0.2) is 11.6 Å². The fraction of sp³-hybridized carbons (Fsp3) is 0. The molecule has 10 rings (SSSR count).